The van der Waals surface area contributed by atoms with Gasteiger partial charge in [-0.15, -0.1) is 0 Å². The molecule has 2 rings (SSSR count). The SMILES string of the molecule is CCOc1ccc(Cl)cc1/C=N\Nc1ccc([N+](=O)[O-])cn1. The van der Waals surface area contributed by atoms with E-state index in [0.717, 1.165) is 6.20 Å². The van der Waals surface area contributed by atoms with E-state index < -0.39 is 4.92 Å². The molecule has 0 aliphatic carbocycles. The van der Waals surface area contributed by atoms with Crippen molar-refractivity contribution in [1.82, 2.24) is 4.98 Å². The van der Waals surface area contributed by atoms with Crippen molar-refractivity contribution in [2.75, 3.05) is 12.0 Å². The Kier molecular flexibility index (Phi) is 5.26. The molecule has 8 heteroatoms. The zero-order valence-corrected chi connectivity index (χ0v) is 12.4. The highest BCUT2D eigenvalue weighted by Gasteiger charge is 2.05. The van der Waals surface area contributed by atoms with Crippen molar-refractivity contribution >= 4 is 29.3 Å². The molecule has 114 valence electrons. The number of ether oxygens (including phenoxy) is 1. The van der Waals surface area contributed by atoms with E-state index in [1.165, 1.54) is 12.1 Å². The monoisotopic (exact) mass is 320 g/mol. The second kappa shape index (κ2) is 7.37. The van der Waals surface area contributed by atoms with Crippen molar-refractivity contribution in [1.29, 1.82) is 0 Å². The summed E-state index contributed by atoms with van der Waals surface area (Å²) in [6, 6.07) is 8.03. The Morgan fingerprint density at radius 1 is 1.45 bits per heavy atom. The fourth-order valence-electron chi connectivity index (χ4n) is 1.64. The number of halogens is 1. The Bertz CT molecular complexity index is 689. The molecular weight excluding hydrogens is 308 g/mol. The number of aromatic nitrogens is 1. The molecule has 0 amide bonds. The van der Waals surface area contributed by atoms with Crippen LogP contribution >= 0.6 is 11.6 Å². The van der Waals surface area contributed by atoms with Crippen LogP contribution in [0.15, 0.2) is 41.6 Å². The molecule has 2 aromatic rings. The van der Waals surface area contributed by atoms with Crippen LogP contribution in [0.1, 0.15) is 12.5 Å². The average molecular weight is 321 g/mol. The predicted octanol–water partition coefficient (Wildman–Crippen LogP) is 3.49. The molecule has 0 radical (unpaired) electrons. The third-order valence-corrected chi connectivity index (χ3v) is 2.85. The zero-order chi connectivity index (χ0) is 15.9. The summed E-state index contributed by atoms with van der Waals surface area (Å²) >= 11 is 5.95. The van der Waals surface area contributed by atoms with Crippen molar-refractivity contribution in [2.24, 2.45) is 5.10 Å². The van der Waals surface area contributed by atoms with E-state index in [-0.39, 0.29) is 5.69 Å². The van der Waals surface area contributed by atoms with Crippen LogP contribution in [-0.2, 0) is 0 Å². The van der Waals surface area contributed by atoms with Crippen LogP contribution in [0.2, 0.25) is 5.02 Å². The normalized spacial score (nSPS) is 10.6. The topological polar surface area (TPSA) is 89.6 Å². The van der Waals surface area contributed by atoms with E-state index in [9.17, 15) is 10.1 Å². The number of anilines is 1. The lowest BCUT2D eigenvalue weighted by atomic mass is 10.2. The third kappa shape index (κ3) is 4.16. The molecule has 0 unspecified atom stereocenters. The average Bonchev–Trinajstić information content (AvgIpc) is 2.50. The summed E-state index contributed by atoms with van der Waals surface area (Å²) in [6.07, 6.45) is 2.70. The number of hydrazone groups is 1. The fraction of sp³-hybridized carbons (Fsp3) is 0.143. The van der Waals surface area contributed by atoms with Crippen molar-refractivity contribution in [3.05, 3.63) is 57.2 Å². The lowest BCUT2D eigenvalue weighted by molar-refractivity contribution is -0.385. The van der Waals surface area contributed by atoms with Crippen LogP contribution < -0.4 is 10.2 Å². The maximum Gasteiger partial charge on any atom is 0.287 e. The Morgan fingerprint density at radius 3 is 2.91 bits per heavy atom. The molecule has 0 saturated heterocycles. The first-order chi connectivity index (χ1) is 10.6. The molecule has 1 N–H and O–H groups in total. The Labute approximate surface area is 131 Å². The van der Waals surface area contributed by atoms with Gasteiger partial charge >= 0.3 is 0 Å². The molecule has 0 atom stereocenters. The van der Waals surface area contributed by atoms with Crippen LogP contribution in [0, 0.1) is 10.1 Å². The standard InChI is InChI=1S/C14H13ClN4O3/c1-2-22-13-5-3-11(15)7-10(13)8-17-18-14-6-4-12(9-16-14)19(20)21/h3-9H,2H2,1H3,(H,16,18)/b17-8-. The van der Waals surface area contributed by atoms with Crippen LogP contribution in [0.5, 0.6) is 5.75 Å². The van der Waals surface area contributed by atoms with Gasteiger partial charge in [-0.2, -0.15) is 5.10 Å². The molecular formula is C14H13ClN4O3. The summed E-state index contributed by atoms with van der Waals surface area (Å²) in [4.78, 5) is 13.9. The van der Waals surface area contributed by atoms with E-state index >= 15 is 0 Å². The Balaban J connectivity index is 2.08. The predicted molar refractivity (Wildman–Crippen MR) is 84.7 cm³/mol. The number of nitrogens with one attached hydrogen (secondary N) is 1. The summed E-state index contributed by atoms with van der Waals surface area (Å²) in [7, 11) is 0. The van der Waals surface area contributed by atoms with Gasteiger partial charge in [-0.25, -0.2) is 4.98 Å². The molecule has 0 aliphatic rings. The fourth-order valence-corrected chi connectivity index (χ4v) is 1.82. The van der Waals surface area contributed by atoms with E-state index in [0.29, 0.717) is 28.8 Å². The Hall–Kier alpha value is -2.67. The van der Waals surface area contributed by atoms with E-state index in [1.54, 1.807) is 24.4 Å². The van der Waals surface area contributed by atoms with E-state index in [1.807, 2.05) is 6.92 Å². The van der Waals surface area contributed by atoms with Gasteiger partial charge in [0.2, 0.25) is 0 Å². The summed E-state index contributed by atoms with van der Waals surface area (Å²) in [5.74, 6) is 1.05. The molecule has 1 aromatic carbocycles. The van der Waals surface area contributed by atoms with Gasteiger partial charge in [-0.3, -0.25) is 15.5 Å². The second-order valence-electron chi connectivity index (χ2n) is 4.14. The lowest BCUT2D eigenvalue weighted by Gasteiger charge is -2.07. The molecule has 0 aliphatic heterocycles. The van der Waals surface area contributed by atoms with E-state index in [2.05, 4.69) is 15.5 Å². The van der Waals surface area contributed by atoms with Crippen LogP contribution in [0.25, 0.3) is 0 Å². The van der Waals surface area contributed by atoms with E-state index in [4.69, 9.17) is 16.3 Å². The van der Waals surface area contributed by atoms with Crippen LogP contribution in [0.3, 0.4) is 0 Å². The maximum atomic E-state index is 10.5. The van der Waals surface area contributed by atoms with Gasteiger partial charge in [0.25, 0.3) is 5.69 Å². The minimum absolute atomic E-state index is 0.0806. The van der Waals surface area contributed by atoms with Gasteiger partial charge in [0.1, 0.15) is 17.8 Å². The van der Waals surface area contributed by atoms with Gasteiger partial charge in [0.05, 0.1) is 17.7 Å². The maximum absolute atomic E-state index is 10.5. The smallest absolute Gasteiger partial charge is 0.287 e. The first-order valence-electron chi connectivity index (χ1n) is 6.42. The molecule has 22 heavy (non-hydrogen) atoms. The van der Waals surface area contributed by atoms with Gasteiger partial charge in [0, 0.05) is 16.7 Å². The van der Waals surface area contributed by atoms with Crippen LogP contribution in [-0.4, -0.2) is 22.7 Å². The number of hydrogen-bond acceptors (Lipinski definition) is 6. The van der Waals surface area contributed by atoms with Crippen LogP contribution in [0.4, 0.5) is 11.5 Å². The van der Waals surface area contributed by atoms with Gasteiger partial charge < -0.3 is 4.74 Å². The minimum atomic E-state index is -0.514. The highest BCUT2D eigenvalue weighted by Crippen LogP contribution is 2.21. The molecule has 0 bridgehead atoms. The summed E-state index contributed by atoms with van der Waals surface area (Å²) in [5.41, 5.74) is 3.32. The summed E-state index contributed by atoms with van der Waals surface area (Å²) < 4.78 is 5.47. The van der Waals surface area contributed by atoms with Gasteiger partial charge in [0.15, 0.2) is 0 Å². The van der Waals surface area contributed by atoms with Crippen molar-refractivity contribution in [3.8, 4) is 5.75 Å². The lowest BCUT2D eigenvalue weighted by Crippen LogP contribution is -1.98. The number of benzene rings is 1. The zero-order valence-electron chi connectivity index (χ0n) is 11.7. The number of nitrogens with zero attached hydrogens (tertiary/aromatic N) is 3. The largest absolute Gasteiger partial charge is 0.493 e. The highest BCUT2D eigenvalue weighted by molar-refractivity contribution is 6.30. The number of nitro groups is 1. The first-order valence-corrected chi connectivity index (χ1v) is 6.80. The highest BCUT2D eigenvalue weighted by atomic mass is 35.5. The first kappa shape index (κ1) is 15.7. The molecule has 1 heterocycles. The summed E-state index contributed by atoms with van der Waals surface area (Å²) in [5, 5.41) is 15.1. The second-order valence-corrected chi connectivity index (χ2v) is 4.58. The van der Waals surface area contributed by atoms with Crippen molar-refractivity contribution in [2.45, 2.75) is 6.92 Å². The molecule has 0 fully saturated rings. The third-order valence-electron chi connectivity index (χ3n) is 2.61. The van der Waals surface area contributed by atoms with Gasteiger partial charge in [-0.05, 0) is 31.2 Å². The summed E-state index contributed by atoms with van der Waals surface area (Å²) in [6.45, 7) is 2.41. The number of pyridine rings is 1. The number of hydrogen-bond donors (Lipinski definition) is 1. The Morgan fingerprint density at radius 2 is 2.27 bits per heavy atom. The van der Waals surface area contributed by atoms with Crippen molar-refractivity contribution < 1.29 is 9.66 Å². The number of rotatable bonds is 6. The van der Waals surface area contributed by atoms with Gasteiger partial charge in [-0.1, -0.05) is 11.6 Å². The van der Waals surface area contributed by atoms with Crippen molar-refractivity contribution in [3.63, 3.8) is 0 Å². The molecule has 7 nitrogen and oxygen atoms in total. The minimum Gasteiger partial charge on any atom is -0.493 e. The molecule has 0 saturated carbocycles. The molecule has 0 spiro atoms. The molecule has 1 aromatic heterocycles. The quantitative estimate of drug-likeness (QED) is 0.500.